The summed E-state index contributed by atoms with van der Waals surface area (Å²) in [6, 6.07) is 5.03. The van der Waals surface area contributed by atoms with Crippen LogP contribution in [0, 0.1) is 10.1 Å². The van der Waals surface area contributed by atoms with Crippen molar-refractivity contribution in [1.82, 2.24) is 5.32 Å². The van der Waals surface area contributed by atoms with Crippen molar-refractivity contribution in [3.63, 3.8) is 0 Å². The van der Waals surface area contributed by atoms with Crippen LogP contribution >= 0.6 is 11.8 Å². The van der Waals surface area contributed by atoms with Crippen molar-refractivity contribution < 1.29 is 24.0 Å². The maximum absolute atomic E-state index is 12.1. The number of carbonyl (C=O) groups excluding carboxylic acids is 3. The highest BCUT2D eigenvalue weighted by Gasteiger charge is 2.34. The number of nitro groups is 1. The Labute approximate surface area is 147 Å². The number of carbonyl (C=O) groups is 3. The molecule has 134 valence electrons. The lowest BCUT2D eigenvalue weighted by molar-refractivity contribution is -0.383. The number of para-hydroxylation sites is 2. The molecule has 10 heteroatoms. The summed E-state index contributed by atoms with van der Waals surface area (Å²) in [5.41, 5.74) is -0.151. The van der Waals surface area contributed by atoms with Gasteiger partial charge in [-0.25, -0.2) is 4.79 Å². The van der Waals surface area contributed by atoms with E-state index in [2.05, 4.69) is 10.6 Å². The highest BCUT2D eigenvalue weighted by Crippen LogP contribution is 2.25. The molecule has 25 heavy (non-hydrogen) atoms. The third kappa shape index (κ3) is 4.92. The molecule has 2 amide bonds. The van der Waals surface area contributed by atoms with Crippen LogP contribution in [-0.4, -0.2) is 46.4 Å². The molecule has 2 atom stereocenters. The van der Waals surface area contributed by atoms with Crippen molar-refractivity contribution in [3.05, 3.63) is 34.4 Å². The van der Waals surface area contributed by atoms with Gasteiger partial charge in [-0.3, -0.25) is 19.7 Å². The van der Waals surface area contributed by atoms with Crippen molar-refractivity contribution in [3.8, 4) is 0 Å². The molecular formula is C15H17N3O6S. The minimum absolute atomic E-state index is 0.0723. The first-order valence-electron chi connectivity index (χ1n) is 7.54. The Hall–Kier alpha value is -2.62. The summed E-state index contributed by atoms with van der Waals surface area (Å²) in [5.74, 6) is -1.16. The topological polar surface area (TPSA) is 128 Å². The zero-order valence-electron chi connectivity index (χ0n) is 13.4. The van der Waals surface area contributed by atoms with Crippen molar-refractivity contribution >= 4 is 40.9 Å². The average Bonchev–Trinajstić information content (AvgIpc) is 2.57. The molecule has 0 saturated carbocycles. The number of anilines is 1. The van der Waals surface area contributed by atoms with Crippen LogP contribution in [0.3, 0.4) is 0 Å². The number of ether oxygens (including phenoxy) is 1. The fourth-order valence-corrected chi connectivity index (χ4v) is 3.36. The second-order valence-electron chi connectivity index (χ2n) is 5.16. The van der Waals surface area contributed by atoms with Crippen molar-refractivity contribution in [2.75, 3.05) is 17.7 Å². The molecular weight excluding hydrogens is 350 g/mol. The van der Waals surface area contributed by atoms with E-state index >= 15 is 0 Å². The Morgan fingerprint density at radius 2 is 2.16 bits per heavy atom. The van der Waals surface area contributed by atoms with Crippen molar-refractivity contribution in [2.24, 2.45) is 0 Å². The summed E-state index contributed by atoms with van der Waals surface area (Å²) in [6.45, 7) is 1.89. The van der Waals surface area contributed by atoms with Crippen LogP contribution < -0.4 is 10.6 Å². The predicted molar refractivity (Wildman–Crippen MR) is 91.2 cm³/mol. The summed E-state index contributed by atoms with van der Waals surface area (Å²) < 4.78 is 4.85. The SMILES string of the molecule is CCOC(=O)[C@H]1CS[C@@H](CC(=O)Nc2ccccc2[N+](=O)[O-])C(=O)N1. The maximum Gasteiger partial charge on any atom is 0.329 e. The van der Waals surface area contributed by atoms with Crippen LogP contribution in [0.1, 0.15) is 13.3 Å². The number of nitrogens with zero attached hydrogens (tertiary/aromatic N) is 1. The van der Waals surface area contributed by atoms with Gasteiger partial charge in [0.15, 0.2) is 0 Å². The molecule has 9 nitrogen and oxygen atoms in total. The highest BCUT2D eigenvalue weighted by molar-refractivity contribution is 8.00. The molecule has 1 heterocycles. The summed E-state index contributed by atoms with van der Waals surface area (Å²) >= 11 is 1.18. The highest BCUT2D eigenvalue weighted by atomic mass is 32.2. The standard InChI is InChI=1S/C15H17N3O6S/c1-2-24-15(21)10-8-25-12(14(20)17-10)7-13(19)16-9-5-3-4-6-11(9)18(22)23/h3-6,10,12H,2,7-8H2,1H3,(H,16,19)(H,17,20)/t10-,12+/m1/s1. The average molecular weight is 367 g/mol. The number of amides is 2. The van der Waals surface area contributed by atoms with Crippen LogP contribution in [0.25, 0.3) is 0 Å². The van der Waals surface area contributed by atoms with Gasteiger partial charge in [-0.2, -0.15) is 0 Å². The van der Waals surface area contributed by atoms with Gasteiger partial charge in [-0.15, -0.1) is 11.8 Å². The summed E-state index contributed by atoms with van der Waals surface area (Å²) in [7, 11) is 0. The molecule has 1 aliphatic rings. The first-order valence-corrected chi connectivity index (χ1v) is 8.59. The van der Waals surface area contributed by atoms with Gasteiger partial charge in [-0.1, -0.05) is 12.1 Å². The molecule has 1 aromatic rings. The molecule has 1 saturated heterocycles. The van der Waals surface area contributed by atoms with Crippen LogP contribution in [0.2, 0.25) is 0 Å². The van der Waals surface area contributed by atoms with E-state index in [-0.39, 0.29) is 24.4 Å². The Morgan fingerprint density at radius 1 is 1.44 bits per heavy atom. The lowest BCUT2D eigenvalue weighted by atomic mass is 10.2. The quantitative estimate of drug-likeness (QED) is 0.437. The second kappa shape index (κ2) is 8.47. The molecule has 1 fully saturated rings. The van der Waals surface area contributed by atoms with Gasteiger partial charge >= 0.3 is 5.97 Å². The lowest BCUT2D eigenvalue weighted by Gasteiger charge is -2.27. The van der Waals surface area contributed by atoms with E-state index < -0.39 is 34.0 Å². The van der Waals surface area contributed by atoms with Crippen molar-refractivity contribution in [2.45, 2.75) is 24.6 Å². The smallest absolute Gasteiger partial charge is 0.329 e. The minimum atomic E-state index is -0.730. The Morgan fingerprint density at radius 3 is 2.80 bits per heavy atom. The normalized spacial score (nSPS) is 19.6. The van der Waals surface area contributed by atoms with E-state index in [4.69, 9.17) is 4.74 Å². The molecule has 2 N–H and O–H groups in total. The molecule has 1 aromatic carbocycles. The van der Waals surface area contributed by atoms with Crippen molar-refractivity contribution in [1.29, 1.82) is 0 Å². The van der Waals surface area contributed by atoms with Gasteiger partial charge in [0.1, 0.15) is 11.7 Å². The van der Waals surface area contributed by atoms with E-state index in [9.17, 15) is 24.5 Å². The van der Waals surface area contributed by atoms with E-state index in [0.29, 0.717) is 5.75 Å². The lowest BCUT2D eigenvalue weighted by Crippen LogP contribution is -2.51. The molecule has 0 aromatic heterocycles. The van der Waals surface area contributed by atoms with Gasteiger partial charge in [0.25, 0.3) is 5.69 Å². The number of hydrogen-bond acceptors (Lipinski definition) is 7. The number of thioether (sulfide) groups is 1. The van der Waals surface area contributed by atoms with Crippen LogP contribution in [0.5, 0.6) is 0 Å². The van der Waals surface area contributed by atoms with Crippen LogP contribution in [0.4, 0.5) is 11.4 Å². The molecule has 0 radical (unpaired) electrons. The zero-order chi connectivity index (χ0) is 18.4. The van der Waals surface area contributed by atoms with Gasteiger partial charge in [0, 0.05) is 18.2 Å². The first kappa shape index (κ1) is 18.7. The summed E-state index contributed by atoms with van der Waals surface area (Å²) in [5, 5.41) is 15.2. The van der Waals surface area contributed by atoms with Gasteiger partial charge in [0.2, 0.25) is 11.8 Å². The molecule has 0 bridgehead atoms. The number of rotatable bonds is 6. The first-order chi connectivity index (χ1) is 11.9. The van der Waals surface area contributed by atoms with Crippen LogP contribution in [-0.2, 0) is 19.1 Å². The van der Waals surface area contributed by atoms with Gasteiger partial charge in [-0.05, 0) is 13.0 Å². The summed E-state index contributed by atoms with van der Waals surface area (Å²) in [6.07, 6.45) is -0.155. The maximum atomic E-state index is 12.1. The Balaban J connectivity index is 1.93. The summed E-state index contributed by atoms with van der Waals surface area (Å²) in [4.78, 5) is 46.1. The molecule has 0 unspecified atom stereocenters. The fourth-order valence-electron chi connectivity index (χ4n) is 2.22. The minimum Gasteiger partial charge on any atom is -0.464 e. The van der Waals surface area contributed by atoms with Gasteiger partial charge in [0.05, 0.1) is 16.8 Å². The predicted octanol–water partition coefficient (Wildman–Crippen LogP) is 1.09. The number of hydrogen-bond donors (Lipinski definition) is 2. The largest absolute Gasteiger partial charge is 0.464 e. The van der Waals surface area contributed by atoms with Gasteiger partial charge < -0.3 is 15.4 Å². The monoisotopic (exact) mass is 367 g/mol. The third-order valence-electron chi connectivity index (χ3n) is 3.39. The zero-order valence-corrected chi connectivity index (χ0v) is 14.2. The van der Waals surface area contributed by atoms with E-state index in [1.165, 1.54) is 30.0 Å². The molecule has 2 rings (SSSR count). The number of nitrogens with one attached hydrogen (secondary N) is 2. The number of esters is 1. The second-order valence-corrected chi connectivity index (χ2v) is 6.40. The van der Waals surface area contributed by atoms with E-state index in [1.54, 1.807) is 13.0 Å². The van der Waals surface area contributed by atoms with E-state index in [0.717, 1.165) is 0 Å². The fraction of sp³-hybridized carbons (Fsp3) is 0.400. The third-order valence-corrected chi connectivity index (χ3v) is 4.70. The Bertz CT molecular complexity index is 696. The Kier molecular flexibility index (Phi) is 6.34. The van der Waals surface area contributed by atoms with E-state index in [1.807, 2.05) is 0 Å². The molecule has 0 spiro atoms. The van der Waals surface area contributed by atoms with Crippen LogP contribution in [0.15, 0.2) is 24.3 Å². The molecule has 0 aliphatic carbocycles. The molecule has 1 aliphatic heterocycles. The number of benzene rings is 1. The number of nitro benzene ring substituents is 1.